The van der Waals surface area contributed by atoms with Gasteiger partial charge >= 0.3 is 0 Å². The Labute approximate surface area is 133 Å². The van der Waals surface area contributed by atoms with Gasteiger partial charge in [-0.25, -0.2) is 8.78 Å². The maximum atomic E-state index is 13.4. The third-order valence-electron chi connectivity index (χ3n) is 2.78. The van der Waals surface area contributed by atoms with E-state index in [0.717, 1.165) is 16.6 Å². The van der Waals surface area contributed by atoms with Crippen LogP contribution in [0, 0.1) is 11.6 Å². The van der Waals surface area contributed by atoms with Gasteiger partial charge in [-0.3, -0.25) is 0 Å². The Hall–Kier alpha value is -0.840. The van der Waals surface area contributed by atoms with Crippen molar-refractivity contribution in [1.82, 2.24) is 0 Å². The van der Waals surface area contributed by atoms with Gasteiger partial charge in [0.05, 0.1) is 12.5 Å². The van der Waals surface area contributed by atoms with Gasteiger partial charge in [0.1, 0.15) is 5.75 Å². The summed E-state index contributed by atoms with van der Waals surface area (Å²) in [7, 11) is 1.50. The van der Waals surface area contributed by atoms with Gasteiger partial charge in [-0.15, -0.1) is 11.6 Å². The van der Waals surface area contributed by atoms with E-state index in [-0.39, 0.29) is 10.6 Å². The summed E-state index contributed by atoms with van der Waals surface area (Å²) >= 11 is 15.6. The maximum absolute atomic E-state index is 13.4. The van der Waals surface area contributed by atoms with Crippen LogP contribution in [0.25, 0.3) is 0 Å². The van der Waals surface area contributed by atoms with Gasteiger partial charge in [-0.2, -0.15) is 0 Å². The van der Waals surface area contributed by atoms with Gasteiger partial charge in [0.2, 0.25) is 0 Å². The predicted molar refractivity (Wildman–Crippen MR) is 79.8 cm³/mol. The molecule has 0 aliphatic rings. The molecular formula is C14H9BrCl2F2O. The highest BCUT2D eigenvalue weighted by Gasteiger charge is 2.20. The van der Waals surface area contributed by atoms with Crippen LogP contribution in [0.5, 0.6) is 5.75 Å². The van der Waals surface area contributed by atoms with Crippen LogP contribution in [0.15, 0.2) is 34.8 Å². The molecular weight excluding hydrogens is 373 g/mol. The summed E-state index contributed by atoms with van der Waals surface area (Å²) in [6.07, 6.45) is 0. The zero-order valence-electron chi connectivity index (χ0n) is 10.3. The molecule has 0 fully saturated rings. The number of hydrogen-bond acceptors (Lipinski definition) is 1. The van der Waals surface area contributed by atoms with E-state index in [1.165, 1.54) is 7.11 Å². The van der Waals surface area contributed by atoms with Gasteiger partial charge in [0.15, 0.2) is 11.6 Å². The molecule has 6 heteroatoms. The largest absolute Gasteiger partial charge is 0.496 e. The molecule has 0 aromatic heterocycles. The first-order chi connectivity index (χ1) is 9.43. The van der Waals surface area contributed by atoms with Crippen LogP contribution in [-0.4, -0.2) is 7.11 Å². The quantitative estimate of drug-likeness (QED) is 0.488. The lowest BCUT2D eigenvalue weighted by atomic mass is 10.0. The van der Waals surface area contributed by atoms with E-state index < -0.39 is 17.0 Å². The monoisotopic (exact) mass is 380 g/mol. The average Bonchev–Trinajstić information content (AvgIpc) is 2.42. The molecule has 2 aromatic carbocycles. The van der Waals surface area contributed by atoms with Crippen molar-refractivity contribution in [1.29, 1.82) is 0 Å². The lowest BCUT2D eigenvalue weighted by Gasteiger charge is -2.16. The fraction of sp³-hybridized carbons (Fsp3) is 0.143. The van der Waals surface area contributed by atoms with E-state index in [1.54, 1.807) is 18.2 Å². The van der Waals surface area contributed by atoms with Crippen molar-refractivity contribution >= 4 is 39.1 Å². The lowest BCUT2D eigenvalue weighted by molar-refractivity contribution is 0.410. The second-order valence-corrected chi connectivity index (χ2v) is 5.80. The van der Waals surface area contributed by atoms with E-state index in [1.807, 2.05) is 0 Å². The molecule has 0 N–H and O–H groups in total. The van der Waals surface area contributed by atoms with Crippen LogP contribution in [0.4, 0.5) is 8.78 Å². The summed E-state index contributed by atoms with van der Waals surface area (Å²) < 4.78 is 32.5. The summed E-state index contributed by atoms with van der Waals surface area (Å²) in [5.41, 5.74) is 0.901. The minimum absolute atomic E-state index is 0.0638. The van der Waals surface area contributed by atoms with Crippen LogP contribution in [0.3, 0.4) is 0 Å². The van der Waals surface area contributed by atoms with Crippen molar-refractivity contribution in [3.05, 3.63) is 62.6 Å². The van der Waals surface area contributed by atoms with Crippen LogP contribution < -0.4 is 4.74 Å². The summed E-state index contributed by atoms with van der Waals surface area (Å²) in [5, 5.41) is -0.686. The molecule has 0 aliphatic heterocycles. The Balaban J connectivity index is 2.51. The fourth-order valence-corrected chi connectivity index (χ4v) is 2.81. The molecule has 2 rings (SSSR count). The van der Waals surface area contributed by atoms with Crippen molar-refractivity contribution in [2.24, 2.45) is 0 Å². The topological polar surface area (TPSA) is 9.23 Å². The number of ether oxygens (including phenoxy) is 1. The normalized spacial score (nSPS) is 12.3. The van der Waals surface area contributed by atoms with Gasteiger partial charge in [0.25, 0.3) is 0 Å². The Morgan fingerprint density at radius 3 is 2.40 bits per heavy atom. The molecule has 0 aliphatic carbocycles. The number of hydrogen-bond donors (Lipinski definition) is 0. The van der Waals surface area contributed by atoms with E-state index in [9.17, 15) is 8.78 Å². The number of halogens is 5. The Kier molecular flexibility index (Phi) is 4.89. The zero-order chi connectivity index (χ0) is 14.9. The molecule has 0 amide bonds. The molecule has 106 valence electrons. The van der Waals surface area contributed by atoms with E-state index in [0.29, 0.717) is 11.3 Å². The van der Waals surface area contributed by atoms with Crippen molar-refractivity contribution < 1.29 is 13.5 Å². The van der Waals surface area contributed by atoms with Crippen LogP contribution in [0.2, 0.25) is 5.02 Å². The summed E-state index contributed by atoms with van der Waals surface area (Å²) in [6.45, 7) is 0. The Morgan fingerprint density at radius 2 is 1.75 bits per heavy atom. The Morgan fingerprint density at radius 1 is 1.10 bits per heavy atom. The van der Waals surface area contributed by atoms with Crippen molar-refractivity contribution in [2.45, 2.75) is 5.38 Å². The van der Waals surface area contributed by atoms with E-state index >= 15 is 0 Å². The highest BCUT2D eigenvalue weighted by Crippen LogP contribution is 2.39. The van der Waals surface area contributed by atoms with Gasteiger partial charge in [-0.1, -0.05) is 33.6 Å². The summed E-state index contributed by atoms with van der Waals surface area (Å²) in [5.74, 6) is -1.48. The Bertz CT molecular complexity index is 649. The van der Waals surface area contributed by atoms with Crippen LogP contribution >= 0.6 is 39.1 Å². The van der Waals surface area contributed by atoms with Gasteiger partial charge in [-0.05, 0) is 29.8 Å². The second-order valence-electron chi connectivity index (χ2n) is 4.04. The molecule has 2 aromatic rings. The van der Waals surface area contributed by atoms with Crippen molar-refractivity contribution in [2.75, 3.05) is 7.11 Å². The first-order valence-corrected chi connectivity index (χ1v) is 7.16. The molecule has 0 saturated carbocycles. The lowest BCUT2D eigenvalue weighted by Crippen LogP contribution is -2.00. The van der Waals surface area contributed by atoms with Crippen LogP contribution in [0.1, 0.15) is 16.5 Å². The first-order valence-electron chi connectivity index (χ1n) is 5.56. The molecule has 0 heterocycles. The SMILES string of the molecule is COc1cc(Br)ccc1C(Cl)c1cc(F)c(F)cc1Cl. The molecule has 0 radical (unpaired) electrons. The van der Waals surface area contributed by atoms with Crippen LogP contribution in [-0.2, 0) is 0 Å². The number of methoxy groups -OCH3 is 1. The molecule has 0 spiro atoms. The second kappa shape index (κ2) is 6.29. The van der Waals surface area contributed by atoms with Gasteiger partial charge < -0.3 is 4.74 Å². The molecule has 1 unspecified atom stereocenters. The number of rotatable bonds is 3. The average molecular weight is 382 g/mol. The predicted octanol–water partition coefficient (Wildman–Crippen LogP) is 5.72. The smallest absolute Gasteiger partial charge is 0.160 e. The maximum Gasteiger partial charge on any atom is 0.160 e. The molecule has 0 saturated heterocycles. The minimum atomic E-state index is -1.01. The highest BCUT2D eigenvalue weighted by atomic mass is 79.9. The molecule has 1 atom stereocenters. The molecule has 0 bridgehead atoms. The van der Waals surface area contributed by atoms with Gasteiger partial charge in [0, 0.05) is 15.1 Å². The van der Waals surface area contributed by atoms with Crippen molar-refractivity contribution in [3.8, 4) is 5.75 Å². The first kappa shape index (κ1) is 15.5. The number of alkyl halides is 1. The summed E-state index contributed by atoms with van der Waals surface area (Å²) in [4.78, 5) is 0. The van der Waals surface area contributed by atoms with E-state index in [4.69, 9.17) is 27.9 Å². The number of benzene rings is 2. The highest BCUT2D eigenvalue weighted by molar-refractivity contribution is 9.10. The van der Waals surface area contributed by atoms with E-state index in [2.05, 4.69) is 15.9 Å². The third kappa shape index (κ3) is 3.08. The summed E-state index contributed by atoms with van der Waals surface area (Å²) in [6, 6.07) is 7.15. The fourth-order valence-electron chi connectivity index (χ4n) is 1.79. The minimum Gasteiger partial charge on any atom is -0.496 e. The third-order valence-corrected chi connectivity index (χ3v) is 4.07. The molecule has 20 heavy (non-hydrogen) atoms. The van der Waals surface area contributed by atoms with Crippen molar-refractivity contribution in [3.63, 3.8) is 0 Å². The zero-order valence-corrected chi connectivity index (χ0v) is 13.4. The molecule has 1 nitrogen and oxygen atoms in total. The standard InChI is InChI=1S/C14H9BrCl2F2O/c1-20-13-4-7(15)2-3-8(13)14(17)9-5-11(18)12(19)6-10(9)16/h2-6,14H,1H3.